The van der Waals surface area contributed by atoms with Gasteiger partial charge < -0.3 is 10.2 Å². The molecule has 3 heterocycles. The van der Waals surface area contributed by atoms with Gasteiger partial charge in [-0.3, -0.25) is 9.36 Å². The minimum absolute atomic E-state index is 0.0140. The summed E-state index contributed by atoms with van der Waals surface area (Å²) in [6.45, 7) is 4.44. The maximum absolute atomic E-state index is 12.9. The van der Waals surface area contributed by atoms with E-state index in [1.54, 1.807) is 12.3 Å². The molecule has 0 amide bonds. The van der Waals surface area contributed by atoms with E-state index in [0.29, 0.717) is 18.4 Å². The first-order valence-corrected chi connectivity index (χ1v) is 11.4. The molecule has 166 valence electrons. The third-order valence-electron chi connectivity index (χ3n) is 6.11. The van der Waals surface area contributed by atoms with E-state index >= 15 is 0 Å². The van der Waals surface area contributed by atoms with Gasteiger partial charge in [0, 0.05) is 31.9 Å². The number of rotatable bonds is 6. The van der Waals surface area contributed by atoms with E-state index in [1.807, 2.05) is 47.0 Å². The molecule has 0 unspecified atom stereocenters. The number of benzene rings is 2. The fourth-order valence-electron chi connectivity index (χ4n) is 4.29. The van der Waals surface area contributed by atoms with Crippen molar-refractivity contribution in [2.24, 2.45) is 0 Å². The van der Waals surface area contributed by atoms with Gasteiger partial charge in [-0.15, -0.1) is 0 Å². The van der Waals surface area contributed by atoms with E-state index in [1.165, 1.54) is 5.56 Å². The van der Waals surface area contributed by atoms with E-state index in [9.17, 15) is 4.79 Å². The van der Waals surface area contributed by atoms with Crippen LogP contribution in [0.5, 0.6) is 0 Å². The molecule has 0 saturated carbocycles. The molecule has 0 spiro atoms. The monoisotopic (exact) mass is 437 g/mol. The number of aromatic nitrogens is 3. The summed E-state index contributed by atoms with van der Waals surface area (Å²) >= 11 is 0. The van der Waals surface area contributed by atoms with Crippen LogP contribution < -0.4 is 15.8 Å². The largest absolute Gasteiger partial charge is 0.354 e. The first-order valence-electron chi connectivity index (χ1n) is 11.4. The number of fused-ring (bicyclic) bond motifs is 1. The van der Waals surface area contributed by atoms with Crippen LogP contribution in [0.15, 0.2) is 89.9 Å². The van der Waals surface area contributed by atoms with E-state index < -0.39 is 0 Å². The van der Waals surface area contributed by atoms with Gasteiger partial charge in [-0.25, -0.2) is 4.98 Å². The number of nitrogens with zero attached hydrogens (tertiary/aromatic N) is 4. The summed E-state index contributed by atoms with van der Waals surface area (Å²) in [5.74, 6) is 2.59. The predicted molar refractivity (Wildman–Crippen MR) is 133 cm³/mol. The van der Waals surface area contributed by atoms with Gasteiger partial charge in [0.25, 0.3) is 5.56 Å². The average molecular weight is 438 g/mol. The summed E-state index contributed by atoms with van der Waals surface area (Å²) in [5.41, 5.74) is 3.24. The van der Waals surface area contributed by atoms with Crippen LogP contribution in [0.2, 0.25) is 0 Å². The Labute approximate surface area is 193 Å². The Balaban J connectivity index is 1.42. The molecule has 2 aromatic carbocycles. The highest BCUT2D eigenvalue weighted by Gasteiger charge is 2.22. The van der Waals surface area contributed by atoms with Gasteiger partial charge >= 0.3 is 0 Å². The molecule has 5 rings (SSSR count). The minimum Gasteiger partial charge on any atom is -0.354 e. The highest BCUT2D eigenvalue weighted by molar-refractivity contribution is 5.69. The van der Waals surface area contributed by atoms with Crippen molar-refractivity contribution in [3.05, 3.63) is 101 Å². The molecular formula is C27H27N5O. The Hall–Kier alpha value is -3.93. The van der Waals surface area contributed by atoms with Crippen LogP contribution in [0.25, 0.3) is 11.1 Å². The molecular weight excluding hydrogens is 410 g/mol. The van der Waals surface area contributed by atoms with Crippen LogP contribution in [0, 0.1) is 0 Å². The van der Waals surface area contributed by atoms with Crippen molar-refractivity contribution in [2.75, 3.05) is 23.3 Å². The van der Waals surface area contributed by atoms with E-state index in [-0.39, 0.29) is 5.56 Å². The minimum atomic E-state index is 0.0140. The second kappa shape index (κ2) is 9.28. The topological polar surface area (TPSA) is 63.1 Å². The van der Waals surface area contributed by atoms with Gasteiger partial charge in [0.15, 0.2) is 0 Å². The Morgan fingerprint density at radius 1 is 0.939 bits per heavy atom. The van der Waals surface area contributed by atoms with Crippen LogP contribution >= 0.6 is 0 Å². The number of hydrogen-bond donors (Lipinski definition) is 1. The lowest BCUT2D eigenvalue weighted by Gasteiger charge is -2.31. The quantitative estimate of drug-likeness (QED) is 0.457. The Morgan fingerprint density at radius 3 is 2.48 bits per heavy atom. The Morgan fingerprint density at radius 2 is 1.70 bits per heavy atom. The van der Waals surface area contributed by atoms with Crippen molar-refractivity contribution >= 4 is 17.6 Å². The molecule has 2 aromatic heterocycles. The van der Waals surface area contributed by atoms with Gasteiger partial charge in [-0.05, 0) is 41.2 Å². The fourth-order valence-corrected chi connectivity index (χ4v) is 4.29. The summed E-state index contributed by atoms with van der Waals surface area (Å²) in [5, 5.41) is 3.38. The zero-order valence-electron chi connectivity index (χ0n) is 18.7. The van der Waals surface area contributed by atoms with Gasteiger partial charge in [0.05, 0.1) is 0 Å². The fraction of sp³-hybridized carbons (Fsp3) is 0.222. The molecule has 4 aromatic rings. The number of nitrogens with one attached hydrogen (secondary N) is 1. The first-order chi connectivity index (χ1) is 16.2. The molecule has 1 aliphatic rings. The smallest absolute Gasteiger partial charge is 0.252 e. The van der Waals surface area contributed by atoms with E-state index in [2.05, 4.69) is 52.5 Å². The number of pyridine rings is 1. The van der Waals surface area contributed by atoms with Crippen molar-refractivity contribution in [1.29, 1.82) is 0 Å². The third-order valence-corrected chi connectivity index (χ3v) is 6.11. The summed E-state index contributed by atoms with van der Waals surface area (Å²) in [6.07, 6.45) is 2.66. The second-order valence-corrected chi connectivity index (χ2v) is 8.39. The Bertz CT molecular complexity index is 1290. The average Bonchev–Trinajstić information content (AvgIpc) is 2.88. The maximum Gasteiger partial charge on any atom is 0.252 e. The van der Waals surface area contributed by atoms with Crippen LogP contribution in [-0.4, -0.2) is 27.6 Å². The molecule has 1 atom stereocenters. The van der Waals surface area contributed by atoms with Crippen LogP contribution in [0.1, 0.15) is 24.8 Å². The summed E-state index contributed by atoms with van der Waals surface area (Å²) in [4.78, 5) is 24.2. The Kier molecular flexibility index (Phi) is 5.89. The highest BCUT2D eigenvalue weighted by Crippen LogP contribution is 2.30. The van der Waals surface area contributed by atoms with Crippen LogP contribution in [0.4, 0.5) is 17.6 Å². The van der Waals surface area contributed by atoms with Crippen molar-refractivity contribution in [3.63, 3.8) is 0 Å². The SMILES string of the molecule is C[C@H](CNc1nccc(N2CCCn3c2cc(-c2ccccc2)cc3=O)n1)c1ccccc1. The lowest BCUT2D eigenvalue weighted by atomic mass is 10.0. The van der Waals surface area contributed by atoms with Crippen LogP contribution in [-0.2, 0) is 6.54 Å². The van der Waals surface area contributed by atoms with Gasteiger partial charge in [0.2, 0.25) is 5.95 Å². The lowest BCUT2D eigenvalue weighted by Crippen LogP contribution is -2.35. The molecule has 33 heavy (non-hydrogen) atoms. The molecule has 0 radical (unpaired) electrons. The lowest BCUT2D eigenvalue weighted by molar-refractivity contribution is 0.574. The number of anilines is 3. The van der Waals surface area contributed by atoms with Crippen molar-refractivity contribution in [3.8, 4) is 11.1 Å². The molecule has 0 fully saturated rings. The molecule has 6 heteroatoms. The van der Waals surface area contributed by atoms with E-state index in [4.69, 9.17) is 4.98 Å². The highest BCUT2D eigenvalue weighted by atomic mass is 16.1. The van der Waals surface area contributed by atoms with Gasteiger partial charge in [-0.1, -0.05) is 67.6 Å². The molecule has 1 aliphatic heterocycles. The second-order valence-electron chi connectivity index (χ2n) is 8.39. The van der Waals surface area contributed by atoms with Crippen LogP contribution in [0.3, 0.4) is 0 Å². The zero-order valence-corrected chi connectivity index (χ0v) is 18.7. The molecule has 0 bridgehead atoms. The van der Waals surface area contributed by atoms with Gasteiger partial charge in [-0.2, -0.15) is 4.98 Å². The molecule has 0 saturated heterocycles. The van der Waals surface area contributed by atoms with Crippen molar-refractivity contribution < 1.29 is 0 Å². The summed E-state index contributed by atoms with van der Waals surface area (Å²) < 4.78 is 1.84. The molecule has 0 aliphatic carbocycles. The normalized spacial score (nSPS) is 13.9. The van der Waals surface area contributed by atoms with Gasteiger partial charge in [0.1, 0.15) is 11.6 Å². The molecule has 1 N–H and O–H groups in total. The zero-order chi connectivity index (χ0) is 22.6. The summed E-state index contributed by atoms with van der Waals surface area (Å²) in [7, 11) is 0. The molecule has 6 nitrogen and oxygen atoms in total. The van der Waals surface area contributed by atoms with Crippen molar-refractivity contribution in [2.45, 2.75) is 25.8 Å². The maximum atomic E-state index is 12.9. The third kappa shape index (κ3) is 4.51. The first kappa shape index (κ1) is 20.9. The standard InChI is InChI=1S/C27H27N5O/c1-20(21-9-4-2-5-10-21)19-29-27-28-14-13-24(30-27)31-15-8-16-32-25(31)17-23(18-26(32)33)22-11-6-3-7-12-22/h2-7,9-14,17-18,20H,8,15-16,19H2,1H3,(H,28,29,30)/t20-/m1/s1. The number of hydrogen-bond acceptors (Lipinski definition) is 5. The summed E-state index contributed by atoms with van der Waals surface area (Å²) in [6, 6.07) is 26.1. The predicted octanol–water partition coefficient (Wildman–Crippen LogP) is 5.06. The van der Waals surface area contributed by atoms with Crippen molar-refractivity contribution in [1.82, 2.24) is 14.5 Å². The van der Waals surface area contributed by atoms with E-state index in [0.717, 1.165) is 42.3 Å².